The Hall–Kier alpha value is -2.15. The number of rotatable bonds is 5. The summed E-state index contributed by atoms with van der Waals surface area (Å²) in [5.41, 5.74) is 1.97. The summed E-state index contributed by atoms with van der Waals surface area (Å²) in [6.07, 6.45) is 0.642. The number of amides is 2. The fourth-order valence-corrected chi connectivity index (χ4v) is 2.97. The van der Waals surface area contributed by atoms with Crippen LogP contribution in [-0.2, 0) is 9.59 Å². The standard InChI is InChI=1S/C15H15N3O3S/c1-10-4-2-3-5-11(10)14-16-17-15(21-14)22-9-8-18-12(19)6-7-13(18)20/h2-5H,6-9H2,1H3. The molecule has 0 bridgehead atoms. The van der Waals surface area contributed by atoms with E-state index in [4.69, 9.17) is 4.42 Å². The first kappa shape index (κ1) is 14.8. The number of nitrogens with zero attached hydrogens (tertiary/aromatic N) is 3. The number of hydrogen-bond acceptors (Lipinski definition) is 6. The third-order valence-electron chi connectivity index (χ3n) is 3.48. The molecule has 0 spiro atoms. The van der Waals surface area contributed by atoms with Crippen molar-refractivity contribution in [3.63, 3.8) is 0 Å². The van der Waals surface area contributed by atoms with Gasteiger partial charge in [-0.25, -0.2) is 0 Å². The Bertz CT molecular complexity index is 698. The van der Waals surface area contributed by atoms with Crippen LogP contribution in [-0.4, -0.2) is 39.2 Å². The molecular weight excluding hydrogens is 302 g/mol. The predicted octanol–water partition coefficient (Wildman–Crippen LogP) is 2.29. The Morgan fingerprint density at radius 3 is 2.64 bits per heavy atom. The SMILES string of the molecule is Cc1ccccc1-c1nnc(SCCN2C(=O)CCC2=O)o1. The maximum absolute atomic E-state index is 11.5. The molecule has 0 radical (unpaired) electrons. The van der Waals surface area contributed by atoms with Gasteiger partial charge in [-0.15, -0.1) is 10.2 Å². The summed E-state index contributed by atoms with van der Waals surface area (Å²) in [7, 11) is 0. The Morgan fingerprint density at radius 1 is 1.18 bits per heavy atom. The molecule has 0 N–H and O–H groups in total. The predicted molar refractivity (Wildman–Crippen MR) is 81.1 cm³/mol. The molecule has 0 atom stereocenters. The maximum atomic E-state index is 11.5. The van der Waals surface area contributed by atoms with E-state index in [1.807, 2.05) is 31.2 Å². The number of hydrogen-bond donors (Lipinski definition) is 0. The van der Waals surface area contributed by atoms with Gasteiger partial charge in [0.05, 0.1) is 0 Å². The molecule has 7 heteroatoms. The lowest BCUT2D eigenvalue weighted by Gasteiger charge is -2.11. The average Bonchev–Trinajstić information content (AvgIpc) is 3.09. The number of carbonyl (C=O) groups is 2. The number of carbonyl (C=O) groups excluding carboxylic acids is 2. The van der Waals surface area contributed by atoms with Gasteiger partial charge in [-0.2, -0.15) is 0 Å². The van der Waals surface area contributed by atoms with E-state index in [9.17, 15) is 9.59 Å². The third kappa shape index (κ3) is 3.04. The molecule has 1 aromatic carbocycles. The fourth-order valence-electron chi connectivity index (χ4n) is 2.29. The highest BCUT2D eigenvalue weighted by Crippen LogP contribution is 2.25. The molecule has 2 amide bonds. The molecule has 0 unspecified atom stereocenters. The van der Waals surface area contributed by atoms with Crippen LogP contribution in [0, 0.1) is 6.92 Å². The van der Waals surface area contributed by atoms with E-state index in [-0.39, 0.29) is 11.8 Å². The first-order valence-electron chi connectivity index (χ1n) is 7.00. The van der Waals surface area contributed by atoms with Crippen LogP contribution >= 0.6 is 11.8 Å². The van der Waals surface area contributed by atoms with Gasteiger partial charge in [0, 0.05) is 30.7 Å². The lowest BCUT2D eigenvalue weighted by molar-refractivity contribution is -0.137. The summed E-state index contributed by atoms with van der Waals surface area (Å²) in [6, 6.07) is 7.79. The minimum atomic E-state index is -0.100. The summed E-state index contributed by atoms with van der Waals surface area (Å²) in [6.45, 7) is 2.36. The Labute approximate surface area is 131 Å². The highest BCUT2D eigenvalue weighted by molar-refractivity contribution is 7.99. The molecule has 1 aromatic heterocycles. The summed E-state index contributed by atoms with van der Waals surface area (Å²) in [5.74, 6) is 0.828. The van der Waals surface area contributed by atoms with Crippen LogP contribution in [0.4, 0.5) is 0 Å². The van der Waals surface area contributed by atoms with Crippen molar-refractivity contribution in [2.45, 2.75) is 25.0 Å². The molecule has 2 aromatic rings. The number of imide groups is 1. The van der Waals surface area contributed by atoms with E-state index in [0.717, 1.165) is 11.1 Å². The van der Waals surface area contributed by atoms with E-state index in [2.05, 4.69) is 10.2 Å². The van der Waals surface area contributed by atoms with Gasteiger partial charge < -0.3 is 4.42 Å². The first-order valence-corrected chi connectivity index (χ1v) is 7.99. The molecule has 2 heterocycles. The summed E-state index contributed by atoms with van der Waals surface area (Å²) in [4.78, 5) is 24.3. The van der Waals surface area contributed by atoms with E-state index < -0.39 is 0 Å². The maximum Gasteiger partial charge on any atom is 0.276 e. The number of aromatic nitrogens is 2. The van der Waals surface area contributed by atoms with Crippen molar-refractivity contribution >= 4 is 23.6 Å². The Balaban J connectivity index is 1.60. The number of aryl methyl sites for hydroxylation is 1. The molecule has 0 saturated carbocycles. The van der Waals surface area contributed by atoms with Crippen LogP contribution in [0.15, 0.2) is 33.9 Å². The topological polar surface area (TPSA) is 76.3 Å². The molecule has 114 valence electrons. The molecule has 1 aliphatic heterocycles. The lowest BCUT2D eigenvalue weighted by atomic mass is 10.1. The van der Waals surface area contributed by atoms with Crippen molar-refractivity contribution in [1.82, 2.24) is 15.1 Å². The zero-order valence-corrected chi connectivity index (χ0v) is 12.9. The summed E-state index contributed by atoms with van der Waals surface area (Å²) in [5, 5.41) is 8.48. The molecule has 1 aliphatic rings. The molecule has 22 heavy (non-hydrogen) atoms. The van der Waals surface area contributed by atoms with Crippen molar-refractivity contribution in [2.24, 2.45) is 0 Å². The highest BCUT2D eigenvalue weighted by atomic mass is 32.2. The van der Waals surface area contributed by atoms with Crippen molar-refractivity contribution < 1.29 is 14.0 Å². The number of benzene rings is 1. The average molecular weight is 317 g/mol. The molecule has 3 rings (SSSR count). The van der Waals surface area contributed by atoms with E-state index in [0.29, 0.717) is 36.3 Å². The molecule has 1 saturated heterocycles. The van der Waals surface area contributed by atoms with Crippen LogP contribution in [0.5, 0.6) is 0 Å². The summed E-state index contributed by atoms with van der Waals surface area (Å²) < 4.78 is 5.62. The molecule has 6 nitrogen and oxygen atoms in total. The zero-order valence-electron chi connectivity index (χ0n) is 12.1. The largest absolute Gasteiger partial charge is 0.411 e. The van der Waals surface area contributed by atoms with Crippen LogP contribution in [0.2, 0.25) is 0 Å². The molecule has 0 aliphatic carbocycles. The quantitative estimate of drug-likeness (QED) is 0.622. The molecule has 1 fully saturated rings. The lowest BCUT2D eigenvalue weighted by Crippen LogP contribution is -2.31. The number of thioether (sulfide) groups is 1. The van der Waals surface area contributed by atoms with Crippen LogP contribution in [0.1, 0.15) is 18.4 Å². The van der Waals surface area contributed by atoms with Gasteiger partial charge in [-0.05, 0) is 18.6 Å². The fraction of sp³-hybridized carbons (Fsp3) is 0.333. The van der Waals surface area contributed by atoms with Crippen LogP contribution in [0.3, 0.4) is 0 Å². The van der Waals surface area contributed by atoms with Gasteiger partial charge in [0.1, 0.15) is 0 Å². The van der Waals surface area contributed by atoms with Gasteiger partial charge in [-0.1, -0.05) is 30.0 Å². The first-order chi connectivity index (χ1) is 10.6. The third-order valence-corrected chi connectivity index (χ3v) is 4.28. The van der Waals surface area contributed by atoms with E-state index >= 15 is 0 Å². The van der Waals surface area contributed by atoms with E-state index in [1.165, 1.54) is 16.7 Å². The van der Waals surface area contributed by atoms with Gasteiger partial charge in [0.15, 0.2) is 0 Å². The van der Waals surface area contributed by atoms with Gasteiger partial charge in [0.25, 0.3) is 5.22 Å². The Kier molecular flexibility index (Phi) is 4.24. The zero-order chi connectivity index (χ0) is 15.5. The monoisotopic (exact) mass is 317 g/mol. The van der Waals surface area contributed by atoms with Crippen LogP contribution in [0.25, 0.3) is 11.5 Å². The van der Waals surface area contributed by atoms with Gasteiger partial charge >= 0.3 is 0 Å². The van der Waals surface area contributed by atoms with Crippen LogP contribution < -0.4 is 0 Å². The second-order valence-electron chi connectivity index (χ2n) is 4.98. The minimum absolute atomic E-state index is 0.100. The van der Waals surface area contributed by atoms with Crippen molar-refractivity contribution in [2.75, 3.05) is 12.3 Å². The summed E-state index contributed by atoms with van der Waals surface area (Å²) >= 11 is 1.35. The number of likely N-dealkylation sites (tertiary alicyclic amines) is 1. The van der Waals surface area contributed by atoms with Crippen molar-refractivity contribution in [3.05, 3.63) is 29.8 Å². The second kappa shape index (κ2) is 6.31. The smallest absolute Gasteiger partial charge is 0.276 e. The second-order valence-corrected chi connectivity index (χ2v) is 6.02. The van der Waals surface area contributed by atoms with Gasteiger partial charge in [-0.3, -0.25) is 14.5 Å². The highest BCUT2D eigenvalue weighted by Gasteiger charge is 2.28. The van der Waals surface area contributed by atoms with Gasteiger partial charge in [0.2, 0.25) is 17.7 Å². The molecular formula is C15H15N3O3S. The van der Waals surface area contributed by atoms with Crippen molar-refractivity contribution in [3.8, 4) is 11.5 Å². The minimum Gasteiger partial charge on any atom is -0.411 e. The normalized spacial score (nSPS) is 14.9. The van der Waals surface area contributed by atoms with Crippen molar-refractivity contribution in [1.29, 1.82) is 0 Å². The Morgan fingerprint density at radius 2 is 1.91 bits per heavy atom. The van der Waals surface area contributed by atoms with E-state index in [1.54, 1.807) is 0 Å².